The van der Waals surface area contributed by atoms with Gasteiger partial charge in [-0.25, -0.2) is 4.99 Å². The van der Waals surface area contributed by atoms with Crippen molar-refractivity contribution in [3.05, 3.63) is 59.3 Å². The summed E-state index contributed by atoms with van der Waals surface area (Å²) in [7, 11) is 0. The van der Waals surface area contributed by atoms with E-state index in [4.69, 9.17) is 9.73 Å². The minimum atomic E-state index is -1.33. The van der Waals surface area contributed by atoms with Gasteiger partial charge in [-0.3, -0.25) is 39.5 Å². The van der Waals surface area contributed by atoms with Gasteiger partial charge >= 0.3 is 0 Å². The number of amidine groups is 1. The summed E-state index contributed by atoms with van der Waals surface area (Å²) < 4.78 is 6.25. The van der Waals surface area contributed by atoms with Crippen LogP contribution < -0.4 is 20.3 Å². The number of H-pyrrole nitrogens is 1. The summed E-state index contributed by atoms with van der Waals surface area (Å²) in [5, 5.41) is 26.3. The van der Waals surface area contributed by atoms with E-state index in [9.17, 15) is 19.5 Å². The second kappa shape index (κ2) is 18.1. The Morgan fingerprint density at radius 2 is 1.67 bits per heavy atom. The van der Waals surface area contributed by atoms with Gasteiger partial charge in [0.1, 0.15) is 35.3 Å². The lowest BCUT2D eigenvalue weighted by Crippen LogP contribution is -2.63. The lowest BCUT2D eigenvalue weighted by Gasteiger charge is -2.43. The van der Waals surface area contributed by atoms with Crippen molar-refractivity contribution in [1.82, 2.24) is 45.3 Å². The molecular weight excluding hydrogens is 811 g/mol. The van der Waals surface area contributed by atoms with Crippen LogP contribution in [-0.2, 0) is 4.79 Å². The van der Waals surface area contributed by atoms with E-state index in [0.717, 1.165) is 131 Å². The van der Waals surface area contributed by atoms with Crippen LogP contribution in [0.25, 0.3) is 16.6 Å². The van der Waals surface area contributed by atoms with Gasteiger partial charge in [0.05, 0.1) is 28.4 Å². The molecule has 6 aliphatic heterocycles. The number of hydrogen-bond donors (Lipinski definition) is 4. The van der Waals surface area contributed by atoms with E-state index >= 15 is 0 Å². The highest BCUT2D eigenvalue weighted by atomic mass is 16.5. The van der Waals surface area contributed by atoms with E-state index < -0.39 is 11.8 Å². The Bertz CT molecular complexity index is 2300. The monoisotopic (exact) mass is 882 g/mol. The third-order valence-corrected chi connectivity index (χ3v) is 14.6. The number of hydrogen-bond acceptors (Lipinski definition) is 13. The molecule has 64 heavy (non-hydrogen) atoms. The quantitative estimate of drug-likeness (QED) is 0.224. The molecule has 5 fully saturated rings. The number of piperidine rings is 2. The van der Waals surface area contributed by atoms with Crippen LogP contribution in [0.2, 0.25) is 0 Å². The number of rotatable bonds is 9. The van der Waals surface area contributed by atoms with Crippen molar-refractivity contribution in [2.24, 2.45) is 10.9 Å². The van der Waals surface area contributed by atoms with Crippen LogP contribution in [0.1, 0.15) is 102 Å². The number of amides is 3. The van der Waals surface area contributed by atoms with Gasteiger partial charge in [-0.2, -0.15) is 5.10 Å². The fraction of sp³-hybridized carbons (Fsp3) is 0.604. The first-order valence-corrected chi connectivity index (χ1v) is 23.8. The lowest BCUT2D eigenvalue weighted by molar-refractivity contribution is -0.138. The smallest absolute Gasteiger partial charge is 0.262 e. The Kier molecular flexibility index (Phi) is 12.5. The number of nitrogens with zero attached hydrogens (tertiary/aromatic N) is 8. The SMILES string of the molecule is CC.C[C@H]1CN(C2=NCNC(c3n[nH]c4ccc(OC5(C)CC5)cc34)=C2)CCN1CCN1CCN(C(=O)C2CCN(c3ccc4c(c3)C(=O)N(C3CCCNC3(C)O)C4=O)CC2)CC1.[HH].[HH]. The van der Waals surface area contributed by atoms with E-state index in [2.05, 4.69) is 71.3 Å². The molecule has 2 unspecified atom stereocenters. The Balaban J connectivity index is 0.00000160. The van der Waals surface area contributed by atoms with Gasteiger partial charge in [-0.1, -0.05) is 13.8 Å². The maximum absolute atomic E-state index is 13.7. The molecule has 7 aliphatic rings. The third-order valence-electron chi connectivity index (χ3n) is 14.6. The van der Waals surface area contributed by atoms with Crippen molar-refractivity contribution in [2.45, 2.75) is 96.6 Å². The van der Waals surface area contributed by atoms with Crippen molar-refractivity contribution in [3.8, 4) is 5.75 Å². The van der Waals surface area contributed by atoms with E-state index in [0.29, 0.717) is 49.9 Å². The molecule has 16 heteroatoms. The molecule has 16 nitrogen and oxygen atoms in total. The molecule has 0 radical (unpaired) electrons. The lowest BCUT2D eigenvalue weighted by atomic mass is 9.94. The number of anilines is 1. The predicted molar refractivity (Wildman–Crippen MR) is 253 cm³/mol. The predicted octanol–water partition coefficient (Wildman–Crippen LogP) is 4.44. The van der Waals surface area contributed by atoms with Crippen LogP contribution in [0.4, 0.5) is 5.69 Å². The molecule has 3 amide bonds. The van der Waals surface area contributed by atoms with Gasteiger partial charge < -0.3 is 29.9 Å². The molecule has 0 bridgehead atoms. The summed E-state index contributed by atoms with van der Waals surface area (Å²) in [6.07, 6.45) is 7.17. The van der Waals surface area contributed by atoms with Crippen molar-refractivity contribution in [2.75, 3.05) is 90.1 Å². The average molecular weight is 882 g/mol. The van der Waals surface area contributed by atoms with Gasteiger partial charge in [0, 0.05) is 104 Å². The molecule has 4 saturated heterocycles. The van der Waals surface area contributed by atoms with Gasteiger partial charge in [0.25, 0.3) is 11.8 Å². The number of piperazine rings is 2. The second-order valence-electron chi connectivity index (χ2n) is 18.9. The van der Waals surface area contributed by atoms with Crippen LogP contribution >= 0.6 is 0 Å². The Morgan fingerprint density at radius 3 is 2.41 bits per heavy atom. The number of carbonyl (C=O) groups is 3. The molecule has 2 aromatic carbocycles. The maximum atomic E-state index is 13.7. The number of aromatic nitrogens is 2. The fourth-order valence-corrected chi connectivity index (χ4v) is 10.4. The molecule has 1 aliphatic carbocycles. The van der Waals surface area contributed by atoms with E-state index in [1.54, 1.807) is 13.0 Å². The first-order valence-electron chi connectivity index (χ1n) is 23.8. The number of aliphatic hydroxyl groups is 1. The normalized spacial score (nSPS) is 26.5. The summed E-state index contributed by atoms with van der Waals surface area (Å²) in [5.74, 6) is 1.43. The number of carbonyl (C=O) groups excluding carboxylic acids is 3. The second-order valence-corrected chi connectivity index (χ2v) is 18.9. The molecule has 4 N–H and O–H groups in total. The number of imide groups is 1. The van der Waals surface area contributed by atoms with E-state index in [-0.39, 0.29) is 32.1 Å². The third kappa shape index (κ3) is 8.85. The highest BCUT2D eigenvalue weighted by Crippen LogP contribution is 2.41. The number of nitrogens with one attached hydrogen (secondary N) is 3. The zero-order valence-corrected chi connectivity index (χ0v) is 38.4. The number of aliphatic imine (C=N–C) groups is 1. The zero-order valence-electron chi connectivity index (χ0n) is 38.4. The highest BCUT2D eigenvalue weighted by Gasteiger charge is 2.48. The maximum Gasteiger partial charge on any atom is 0.262 e. The fourth-order valence-electron chi connectivity index (χ4n) is 10.4. The minimum absolute atomic E-state index is 0. The molecule has 1 saturated carbocycles. The molecule has 3 atom stereocenters. The van der Waals surface area contributed by atoms with Crippen molar-refractivity contribution in [1.29, 1.82) is 0 Å². The number of benzene rings is 2. The van der Waals surface area contributed by atoms with Crippen LogP contribution in [-0.4, -0.2) is 172 Å². The van der Waals surface area contributed by atoms with E-state index in [1.165, 1.54) is 4.90 Å². The van der Waals surface area contributed by atoms with Crippen molar-refractivity contribution < 1.29 is 27.1 Å². The van der Waals surface area contributed by atoms with E-state index in [1.807, 2.05) is 38.1 Å². The van der Waals surface area contributed by atoms with Crippen LogP contribution in [0, 0.1) is 5.92 Å². The Labute approximate surface area is 380 Å². The highest BCUT2D eigenvalue weighted by molar-refractivity contribution is 6.22. The molecule has 0 spiro atoms. The van der Waals surface area contributed by atoms with Crippen molar-refractivity contribution >= 4 is 45.8 Å². The summed E-state index contributed by atoms with van der Waals surface area (Å²) >= 11 is 0. The standard InChI is InChI=1S/C46H61N11O5.C2H6.2H2/c1-30-28-56(40-27-38(47-29-48-40)41-36-26-33(62-45(2)12-13-45)7-9-37(36)50-51-41)24-23-53(30)20-17-52-18-21-55(22-19-52)42(58)31-10-15-54(16-11-31)32-6-8-34-35(25-32)44(60)57(43(34)59)39-5-4-14-49-46(39,3)61;1-2;;/h6-9,25-27,30-31,39,47,49,61H,4-5,10-24,28-29H2,1-3H3,(H,50,51);1-2H3;2*1H/t30-,39?,46?;;;/m0.../s1. The van der Waals surface area contributed by atoms with Crippen molar-refractivity contribution in [3.63, 3.8) is 0 Å². The van der Waals surface area contributed by atoms with Gasteiger partial charge in [0.15, 0.2) is 0 Å². The topological polar surface area (TPSA) is 165 Å². The molecule has 1 aromatic heterocycles. The summed E-state index contributed by atoms with van der Waals surface area (Å²) in [5.41, 5.74) is 3.15. The van der Waals surface area contributed by atoms with Gasteiger partial charge in [-0.15, -0.1) is 0 Å². The van der Waals surface area contributed by atoms with Gasteiger partial charge in [0.2, 0.25) is 5.91 Å². The molecule has 10 rings (SSSR count). The molecular formula is C48H71N11O5. The largest absolute Gasteiger partial charge is 0.488 e. The summed E-state index contributed by atoms with van der Waals surface area (Å²) in [6, 6.07) is 11.4. The van der Waals surface area contributed by atoms with Crippen LogP contribution in [0.3, 0.4) is 0 Å². The van der Waals surface area contributed by atoms with Gasteiger partial charge in [-0.05, 0) is 102 Å². The summed E-state index contributed by atoms with van der Waals surface area (Å²) in [4.78, 5) is 58.5. The first-order chi connectivity index (χ1) is 30.9. The van der Waals surface area contributed by atoms with Crippen LogP contribution in [0.5, 0.6) is 5.75 Å². The zero-order chi connectivity index (χ0) is 44.8. The first kappa shape index (κ1) is 44.2. The molecule has 7 heterocycles. The number of ether oxygens (including phenoxy) is 1. The Hall–Kier alpha value is -5.03. The Morgan fingerprint density at radius 1 is 0.906 bits per heavy atom. The minimum Gasteiger partial charge on any atom is -0.488 e. The van der Waals surface area contributed by atoms with Crippen LogP contribution in [0.15, 0.2) is 47.5 Å². The average Bonchev–Trinajstić information content (AvgIpc) is 3.80. The number of aromatic amines is 1. The molecule has 3 aromatic rings. The molecule has 348 valence electrons. The summed E-state index contributed by atoms with van der Waals surface area (Å²) in [6.45, 7) is 20.7. The number of fused-ring (bicyclic) bond motifs is 2.